The van der Waals surface area contributed by atoms with Crippen molar-refractivity contribution in [3.8, 4) is 0 Å². The predicted molar refractivity (Wildman–Crippen MR) is 27.2 cm³/mol. The van der Waals surface area contributed by atoms with Crippen LogP contribution < -0.4 is 5.84 Å². The standard InChI is InChI=1S/C4H10N2O2/c1-3-2-4(7)6(5)8-3/h3-4,7H,2,5H2,1H3. The van der Waals surface area contributed by atoms with Crippen LogP contribution in [-0.2, 0) is 4.84 Å². The van der Waals surface area contributed by atoms with Gasteiger partial charge in [-0.15, -0.1) is 0 Å². The van der Waals surface area contributed by atoms with Crippen molar-refractivity contribution in [2.75, 3.05) is 0 Å². The van der Waals surface area contributed by atoms with E-state index in [0.717, 1.165) is 5.17 Å². The quantitative estimate of drug-likeness (QED) is 0.409. The van der Waals surface area contributed by atoms with E-state index in [-0.39, 0.29) is 6.10 Å². The molecule has 0 aromatic heterocycles. The average Bonchev–Trinajstić information content (AvgIpc) is 1.85. The first-order valence-electron chi connectivity index (χ1n) is 2.59. The molecule has 0 bridgehead atoms. The average molecular weight is 118 g/mol. The summed E-state index contributed by atoms with van der Waals surface area (Å²) < 4.78 is 0. The molecular formula is C4H10N2O2. The summed E-state index contributed by atoms with van der Waals surface area (Å²) in [6.45, 7) is 1.86. The van der Waals surface area contributed by atoms with Crippen molar-refractivity contribution >= 4 is 0 Å². The molecule has 1 fully saturated rings. The molecule has 1 aliphatic heterocycles. The summed E-state index contributed by atoms with van der Waals surface area (Å²) >= 11 is 0. The van der Waals surface area contributed by atoms with Crippen molar-refractivity contribution in [2.45, 2.75) is 25.7 Å². The van der Waals surface area contributed by atoms with Gasteiger partial charge in [-0.05, 0) is 6.92 Å². The lowest BCUT2D eigenvalue weighted by Crippen LogP contribution is -2.34. The zero-order chi connectivity index (χ0) is 6.15. The summed E-state index contributed by atoms with van der Waals surface area (Å²) in [6, 6.07) is 0. The SMILES string of the molecule is CC1CC(O)N(N)O1. The molecule has 1 aliphatic rings. The second-order valence-corrected chi connectivity index (χ2v) is 1.99. The number of aliphatic hydroxyl groups is 1. The highest BCUT2D eigenvalue weighted by molar-refractivity contribution is 4.60. The summed E-state index contributed by atoms with van der Waals surface area (Å²) in [4.78, 5) is 4.83. The zero-order valence-electron chi connectivity index (χ0n) is 4.74. The van der Waals surface area contributed by atoms with Gasteiger partial charge in [0.25, 0.3) is 0 Å². The Morgan fingerprint density at radius 1 is 1.88 bits per heavy atom. The lowest BCUT2D eigenvalue weighted by molar-refractivity contribution is -0.199. The second kappa shape index (κ2) is 1.99. The lowest BCUT2D eigenvalue weighted by Gasteiger charge is -2.09. The van der Waals surface area contributed by atoms with Crippen LogP contribution in [0.3, 0.4) is 0 Å². The molecular weight excluding hydrogens is 108 g/mol. The molecule has 4 heteroatoms. The van der Waals surface area contributed by atoms with E-state index in [4.69, 9.17) is 15.8 Å². The van der Waals surface area contributed by atoms with Crippen LogP contribution >= 0.6 is 0 Å². The van der Waals surface area contributed by atoms with Crippen LogP contribution in [0.5, 0.6) is 0 Å². The molecule has 1 saturated heterocycles. The Kier molecular flexibility index (Phi) is 1.48. The van der Waals surface area contributed by atoms with Crippen LogP contribution in [0, 0.1) is 0 Å². The van der Waals surface area contributed by atoms with Crippen molar-refractivity contribution in [2.24, 2.45) is 5.84 Å². The first-order valence-corrected chi connectivity index (χ1v) is 2.59. The smallest absolute Gasteiger partial charge is 0.147 e. The van der Waals surface area contributed by atoms with E-state index in [1.807, 2.05) is 6.92 Å². The Morgan fingerprint density at radius 3 is 2.62 bits per heavy atom. The predicted octanol–water partition coefficient (Wildman–Crippen LogP) is -0.796. The monoisotopic (exact) mass is 118 g/mol. The third-order valence-corrected chi connectivity index (χ3v) is 1.14. The zero-order valence-corrected chi connectivity index (χ0v) is 4.74. The van der Waals surface area contributed by atoms with Gasteiger partial charge in [-0.2, -0.15) is 0 Å². The highest BCUT2D eigenvalue weighted by Gasteiger charge is 2.25. The Balaban J connectivity index is 2.39. The Bertz CT molecular complexity index is 78.1. The molecule has 0 spiro atoms. The minimum atomic E-state index is -0.620. The molecule has 8 heavy (non-hydrogen) atoms. The second-order valence-electron chi connectivity index (χ2n) is 1.99. The van der Waals surface area contributed by atoms with Gasteiger partial charge in [0, 0.05) is 6.42 Å². The molecule has 0 radical (unpaired) electrons. The van der Waals surface area contributed by atoms with E-state index in [1.165, 1.54) is 0 Å². The Hall–Kier alpha value is -0.160. The number of nitrogens with two attached hydrogens (primary N) is 1. The fourth-order valence-corrected chi connectivity index (χ4v) is 0.722. The van der Waals surface area contributed by atoms with Gasteiger partial charge in [0.05, 0.1) is 6.10 Å². The first-order chi connectivity index (χ1) is 3.70. The minimum Gasteiger partial charge on any atom is -0.375 e. The summed E-state index contributed by atoms with van der Waals surface area (Å²) in [5, 5.41) is 9.82. The van der Waals surface area contributed by atoms with Gasteiger partial charge in [0.15, 0.2) is 0 Å². The van der Waals surface area contributed by atoms with Crippen LogP contribution in [0.15, 0.2) is 0 Å². The molecule has 0 amide bonds. The lowest BCUT2D eigenvalue weighted by atomic mass is 10.3. The van der Waals surface area contributed by atoms with Crippen molar-refractivity contribution < 1.29 is 9.94 Å². The molecule has 48 valence electrons. The van der Waals surface area contributed by atoms with Gasteiger partial charge in [-0.25, -0.2) is 5.84 Å². The molecule has 4 nitrogen and oxygen atoms in total. The van der Waals surface area contributed by atoms with Gasteiger partial charge in [0.1, 0.15) is 6.23 Å². The third kappa shape index (κ3) is 0.976. The van der Waals surface area contributed by atoms with Crippen LogP contribution in [0.25, 0.3) is 0 Å². The first kappa shape index (κ1) is 5.97. The van der Waals surface area contributed by atoms with E-state index >= 15 is 0 Å². The van der Waals surface area contributed by atoms with Crippen LogP contribution in [0.1, 0.15) is 13.3 Å². The fourth-order valence-electron chi connectivity index (χ4n) is 0.722. The number of hydrazine groups is 1. The number of nitrogens with zero attached hydrogens (tertiary/aromatic N) is 1. The molecule has 0 aliphatic carbocycles. The fraction of sp³-hybridized carbons (Fsp3) is 1.00. The van der Waals surface area contributed by atoms with Crippen LogP contribution in [0.2, 0.25) is 0 Å². The summed E-state index contributed by atoms with van der Waals surface area (Å²) in [5.41, 5.74) is 0. The van der Waals surface area contributed by atoms with Gasteiger partial charge >= 0.3 is 0 Å². The van der Waals surface area contributed by atoms with Crippen molar-refractivity contribution in [1.82, 2.24) is 5.17 Å². The van der Waals surface area contributed by atoms with E-state index in [2.05, 4.69) is 0 Å². The Labute approximate surface area is 47.8 Å². The molecule has 1 rings (SSSR count). The van der Waals surface area contributed by atoms with Crippen molar-refractivity contribution in [1.29, 1.82) is 0 Å². The van der Waals surface area contributed by atoms with E-state index in [0.29, 0.717) is 6.42 Å². The van der Waals surface area contributed by atoms with Crippen molar-refractivity contribution in [3.05, 3.63) is 0 Å². The summed E-state index contributed by atoms with van der Waals surface area (Å²) in [6.07, 6.45) is 0.0243. The van der Waals surface area contributed by atoms with E-state index in [9.17, 15) is 0 Å². The number of hydroxylamine groups is 1. The van der Waals surface area contributed by atoms with Gasteiger partial charge < -0.3 is 5.11 Å². The van der Waals surface area contributed by atoms with Crippen molar-refractivity contribution in [3.63, 3.8) is 0 Å². The van der Waals surface area contributed by atoms with Gasteiger partial charge in [-0.1, -0.05) is 5.17 Å². The number of rotatable bonds is 0. The molecule has 3 N–H and O–H groups in total. The van der Waals surface area contributed by atoms with Gasteiger partial charge in [-0.3, -0.25) is 4.84 Å². The maximum Gasteiger partial charge on any atom is 0.147 e. The molecule has 0 saturated carbocycles. The Morgan fingerprint density at radius 2 is 2.50 bits per heavy atom. The maximum absolute atomic E-state index is 8.84. The van der Waals surface area contributed by atoms with Crippen LogP contribution in [0.4, 0.5) is 0 Å². The van der Waals surface area contributed by atoms with Crippen LogP contribution in [-0.4, -0.2) is 22.6 Å². The largest absolute Gasteiger partial charge is 0.375 e. The molecule has 0 aromatic carbocycles. The van der Waals surface area contributed by atoms with E-state index in [1.54, 1.807) is 0 Å². The summed E-state index contributed by atoms with van der Waals surface area (Å²) in [5.74, 6) is 5.13. The highest BCUT2D eigenvalue weighted by atomic mass is 16.7. The normalized spacial score (nSPS) is 40.9. The molecule has 2 unspecified atom stereocenters. The summed E-state index contributed by atoms with van der Waals surface area (Å²) in [7, 11) is 0. The third-order valence-electron chi connectivity index (χ3n) is 1.14. The maximum atomic E-state index is 8.84. The molecule has 2 atom stereocenters. The molecule has 0 aromatic rings. The number of hydrogen-bond acceptors (Lipinski definition) is 4. The minimum absolute atomic E-state index is 0.0509. The number of hydrogen-bond donors (Lipinski definition) is 2. The van der Waals surface area contributed by atoms with E-state index < -0.39 is 6.23 Å². The molecule has 1 heterocycles. The van der Waals surface area contributed by atoms with Gasteiger partial charge in [0.2, 0.25) is 0 Å². The highest BCUT2D eigenvalue weighted by Crippen LogP contribution is 2.13. The number of aliphatic hydroxyl groups excluding tert-OH is 1. The topological polar surface area (TPSA) is 58.7 Å².